The molecule has 1 aliphatic rings. The van der Waals surface area contributed by atoms with Crippen LogP contribution in [0.25, 0.3) is 16.9 Å². The van der Waals surface area contributed by atoms with Crippen LogP contribution in [-0.4, -0.2) is 51.7 Å². The van der Waals surface area contributed by atoms with Gasteiger partial charge < -0.3 is 9.64 Å². The first-order valence-electron chi connectivity index (χ1n) is 8.91. The Morgan fingerprint density at radius 1 is 1.17 bits per heavy atom. The number of amides is 1. The standard InChI is InChI=1S/C19H16BrF3N4O2/c20-17-14(11-16(28)26-6-8-29-9-7-26)25-27-15(19(21,22)23)10-13(24-18(17)27)12-4-2-1-3-5-12/h1-5,10H,6-9,11H2. The van der Waals surface area contributed by atoms with Crippen molar-refractivity contribution < 1.29 is 22.7 Å². The average Bonchev–Trinajstić information content (AvgIpc) is 3.03. The number of alkyl halides is 3. The van der Waals surface area contributed by atoms with Crippen LogP contribution < -0.4 is 0 Å². The van der Waals surface area contributed by atoms with Gasteiger partial charge in [-0.25, -0.2) is 9.50 Å². The maximum atomic E-state index is 13.7. The molecular formula is C19H16BrF3N4O2. The van der Waals surface area contributed by atoms with Crippen LogP contribution in [-0.2, 0) is 22.1 Å². The van der Waals surface area contributed by atoms with Gasteiger partial charge >= 0.3 is 6.18 Å². The molecule has 4 rings (SSSR count). The molecule has 3 aromatic rings. The molecule has 152 valence electrons. The molecule has 1 aliphatic heterocycles. The summed E-state index contributed by atoms with van der Waals surface area (Å²) in [7, 11) is 0. The number of rotatable bonds is 3. The second kappa shape index (κ2) is 7.75. The van der Waals surface area contributed by atoms with Crippen molar-refractivity contribution in [3.05, 3.63) is 52.3 Å². The molecule has 10 heteroatoms. The molecule has 0 N–H and O–H groups in total. The first kappa shape index (κ1) is 19.8. The molecule has 3 heterocycles. The van der Waals surface area contributed by atoms with Gasteiger partial charge in [0.05, 0.1) is 35.5 Å². The van der Waals surface area contributed by atoms with Gasteiger partial charge in [0.1, 0.15) is 0 Å². The molecule has 0 aliphatic carbocycles. The lowest BCUT2D eigenvalue weighted by Gasteiger charge is -2.26. The number of nitrogens with zero attached hydrogens (tertiary/aromatic N) is 4. The van der Waals surface area contributed by atoms with Crippen LogP contribution in [0, 0.1) is 0 Å². The van der Waals surface area contributed by atoms with Crippen molar-refractivity contribution in [3.8, 4) is 11.3 Å². The van der Waals surface area contributed by atoms with E-state index in [4.69, 9.17) is 4.74 Å². The predicted molar refractivity (Wildman–Crippen MR) is 102 cm³/mol. The molecule has 1 saturated heterocycles. The third kappa shape index (κ3) is 3.99. The smallest absolute Gasteiger partial charge is 0.378 e. The molecule has 0 spiro atoms. The third-order valence-electron chi connectivity index (χ3n) is 4.64. The summed E-state index contributed by atoms with van der Waals surface area (Å²) in [4.78, 5) is 18.5. The maximum absolute atomic E-state index is 13.7. The Morgan fingerprint density at radius 2 is 1.86 bits per heavy atom. The zero-order valence-electron chi connectivity index (χ0n) is 15.1. The Hall–Kier alpha value is -2.46. The third-order valence-corrected chi connectivity index (χ3v) is 5.45. The molecule has 0 atom stereocenters. The topological polar surface area (TPSA) is 59.7 Å². The summed E-state index contributed by atoms with van der Waals surface area (Å²) in [6.07, 6.45) is -4.76. The van der Waals surface area contributed by atoms with Gasteiger partial charge in [-0.1, -0.05) is 30.3 Å². The number of halogens is 4. The normalized spacial score (nSPS) is 15.1. The van der Waals surface area contributed by atoms with Gasteiger partial charge in [-0.3, -0.25) is 4.79 Å². The highest BCUT2D eigenvalue weighted by Gasteiger charge is 2.36. The van der Waals surface area contributed by atoms with Crippen molar-refractivity contribution in [2.75, 3.05) is 26.3 Å². The van der Waals surface area contributed by atoms with Crippen LogP contribution in [0.5, 0.6) is 0 Å². The van der Waals surface area contributed by atoms with Crippen LogP contribution >= 0.6 is 15.9 Å². The number of fused-ring (bicyclic) bond motifs is 1. The summed E-state index contributed by atoms with van der Waals surface area (Å²) >= 11 is 3.30. The highest BCUT2D eigenvalue weighted by molar-refractivity contribution is 9.10. The lowest BCUT2D eigenvalue weighted by Crippen LogP contribution is -2.41. The van der Waals surface area contributed by atoms with E-state index in [0.717, 1.165) is 10.6 Å². The molecule has 0 bridgehead atoms. The number of hydrogen-bond acceptors (Lipinski definition) is 4. The van der Waals surface area contributed by atoms with Crippen molar-refractivity contribution in [3.63, 3.8) is 0 Å². The van der Waals surface area contributed by atoms with Crippen molar-refractivity contribution in [2.24, 2.45) is 0 Å². The molecule has 0 saturated carbocycles. The first-order chi connectivity index (χ1) is 13.8. The second-order valence-electron chi connectivity index (χ2n) is 6.56. The second-order valence-corrected chi connectivity index (χ2v) is 7.35. The zero-order valence-corrected chi connectivity index (χ0v) is 16.7. The van der Waals surface area contributed by atoms with Crippen molar-refractivity contribution in [1.82, 2.24) is 19.5 Å². The zero-order chi connectivity index (χ0) is 20.6. The minimum absolute atomic E-state index is 0.0171. The Kier molecular flexibility index (Phi) is 5.30. The minimum Gasteiger partial charge on any atom is -0.378 e. The minimum atomic E-state index is -4.64. The van der Waals surface area contributed by atoms with Crippen molar-refractivity contribution in [1.29, 1.82) is 0 Å². The molecule has 6 nitrogen and oxygen atoms in total. The van der Waals surface area contributed by atoms with E-state index in [1.54, 1.807) is 35.2 Å². The Bertz CT molecular complexity index is 1050. The summed E-state index contributed by atoms with van der Waals surface area (Å²) in [5.41, 5.74) is 0.0110. The van der Waals surface area contributed by atoms with Crippen LogP contribution in [0.2, 0.25) is 0 Å². The lowest BCUT2D eigenvalue weighted by molar-refractivity contribution is -0.142. The summed E-state index contributed by atoms with van der Waals surface area (Å²) in [6, 6.07) is 9.57. The molecule has 1 aromatic carbocycles. The number of aromatic nitrogens is 3. The Labute approximate surface area is 172 Å². The van der Waals surface area contributed by atoms with E-state index in [9.17, 15) is 18.0 Å². The van der Waals surface area contributed by atoms with Gasteiger partial charge in [0.2, 0.25) is 5.91 Å². The number of hydrogen-bond donors (Lipinski definition) is 0. The maximum Gasteiger partial charge on any atom is 0.433 e. The van der Waals surface area contributed by atoms with Crippen LogP contribution in [0.3, 0.4) is 0 Å². The fourth-order valence-electron chi connectivity index (χ4n) is 3.17. The highest BCUT2D eigenvalue weighted by Crippen LogP contribution is 2.34. The van der Waals surface area contributed by atoms with Gasteiger partial charge in [0, 0.05) is 18.7 Å². The number of carbonyl (C=O) groups excluding carboxylic acids is 1. The molecule has 2 aromatic heterocycles. The summed E-state index contributed by atoms with van der Waals surface area (Å²) < 4.78 is 47.4. The van der Waals surface area contributed by atoms with E-state index in [1.807, 2.05) is 0 Å². The molecule has 1 fully saturated rings. The first-order valence-corrected chi connectivity index (χ1v) is 9.70. The average molecular weight is 469 g/mol. The van der Waals surface area contributed by atoms with E-state index in [1.165, 1.54) is 0 Å². The van der Waals surface area contributed by atoms with Crippen LogP contribution in [0.15, 0.2) is 40.9 Å². The van der Waals surface area contributed by atoms with Gasteiger partial charge in [0.15, 0.2) is 11.3 Å². The largest absolute Gasteiger partial charge is 0.433 e. The van der Waals surface area contributed by atoms with Gasteiger partial charge in [-0.2, -0.15) is 18.3 Å². The monoisotopic (exact) mass is 468 g/mol. The van der Waals surface area contributed by atoms with E-state index in [0.29, 0.717) is 31.9 Å². The summed E-state index contributed by atoms with van der Waals surface area (Å²) in [6.45, 7) is 1.79. The number of ether oxygens (including phenoxy) is 1. The van der Waals surface area contributed by atoms with Crippen molar-refractivity contribution in [2.45, 2.75) is 12.6 Å². The van der Waals surface area contributed by atoms with E-state index >= 15 is 0 Å². The van der Waals surface area contributed by atoms with E-state index in [2.05, 4.69) is 26.0 Å². The van der Waals surface area contributed by atoms with Crippen LogP contribution in [0.1, 0.15) is 11.4 Å². The van der Waals surface area contributed by atoms with Crippen molar-refractivity contribution >= 4 is 27.5 Å². The molecular weight excluding hydrogens is 453 g/mol. The van der Waals surface area contributed by atoms with E-state index < -0.39 is 11.9 Å². The molecule has 0 radical (unpaired) electrons. The lowest BCUT2D eigenvalue weighted by atomic mass is 10.1. The summed E-state index contributed by atoms with van der Waals surface area (Å²) in [5.74, 6) is -0.214. The number of morpholine rings is 1. The summed E-state index contributed by atoms with van der Waals surface area (Å²) in [5, 5.41) is 4.06. The van der Waals surface area contributed by atoms with Gasteiger partial charge in [0.25, 0.3) is 0 Å². The fraction of sp³-hybridized carbons (Fsp3) is 0.316. The quantitative estimate of drug-likeness (QED) is 0.589. The molecule has 0 unspecified atom stereocenters. The van der Waals surface area contributed by atoms with Crippen LogP contribution in [0.4, 0.5) is 13.2 Å². The number of benzene rings is 1. The molecule has 1 amide bonds. The Balaban J connectivity index is 1.78. The van der Waals surface area contributed by atoms with Gasteiger partial charge in [-0.05, 0) is 22.0 Å². The fourth-order valence-corrected chi connectivity index (χ4v) is 3.65. The Morgan fingerprint density at radius 3 is 2.52 bits per heavy atom. The SMILES string of the molecule is O=C(Cc1nn2c(C(F)(F)F)cc(-c3ccccc3)nc2c1Br)N1CCOCC1. The highest BCUT2D eigenvalue weighted by atomic mass is 79.9. The predicted octanol–water partition coefficient (Wildman–Crippen LogP) is 3.58. The molecule has 29 heavy (non-hydrogen) atoms. The van der Waals surface area contributed by atoms with E-state index in [-0.39, 0.29) is 33.8 Å². The van der Waals surface area contributed by atoms with Gasteiger partial charge in [-0.15, -0.1) is 0 Å². The number of carbonyl (C=O) groups is 1.